The van der Waals surface area contributed by atoms with E-state index in [2.05, 4.69) is 9.88 Å². The van der Waals surface area contributed by atoms with Crippen molar-refractivity contribution in [2.45, 2.75) is 19.3 Å². The summed E-state index contributed by atoms with van der Waals surface area (Å²) in [5, 5.41) is 0. The molecule has 118 valence electrons. The van der Waals surface area contributed by atoms with Crippen LogP contribution in [0.25, 0.3) is 0 Å². The first-order valence-electron chi connectivity index (χ1n) is 7.97. The Kier molecular flexibility index (Phi) is 4.56. The van der Waals surface area contributed by atoms with Crippen LogP contribution in [0.15, 0.2) is 18.3 Å². The maximum atomic E-state index is 12.5. The minimum atomic E-state index is 0.0353. The zero-order valence-electron chi connectivity index (χ0n) is 12.8. The predicted octanol–water partition coefficient (Wildman–Crippen LogP) is 0.986. The summed E-state index contributed by atoms with van der Waals surface area (Å²) in [6, 6.07) is 3.82. The van der Waals surface area contributed by atoms with Gasteiger partial charge in [-0.1, -0.05) is 0 Å². The van der Waals surface area contributed by atoms with Crippen LogP contribution in [0, 0.1) is 0 Å². The second kappa shape index (κ2) is 6.77. The topological polar surface area (TPSA) is 56.8 Å². The Labute approximate surface area is 130 Å². The molecule has 0 saturated carbocycles. The van der Waals surface area contributed by atoms with E-state index >= 15 is 0 Å². The van der Waals surface area contributed by atoms with Gasteiger partial charge in [-0.25, -0.2) is 0 Å². The van der Waals surface area contributed by atoms with Crippen LogP contribution in [0.5, 0.6) is 0 Å². The Hall–Kier alpha value is -2.11. The molecule has 1 aromatic heterocycles. The van der Waals surface area contributed by atoms with E-state index in [4.69, 9.17) is 0 Å². The lowest BCUT2D eigenvalue weighted by Gasteiger charge is -2.34. The molecule has 0 aliphatic carbocycles. The number of hydrogen-bond acceptors (Lipinski definition) is 4. The molecule has 0 radical (unpaired) electrons. The zero-order chi connectivity index (χ0) is 15.4. The summed E-state index contributed by atoms with van der Waals surface area (Å²) in [4.78, 5) is 33.4. The monoisotopic (exact) mass is 302 g/mol. The molecule has 6 heteroatoms. The second-order valence-electron chi connectivity index (χ2n) is 5.88. The van der Waals surface area contributed by atoms with Crippen LogP contribution < -0.4 is 4.90 Å². The van der Waals surface area contributed by atoms with Crippen LogP contribution >= 0.6 is 0 Å². The van der Waals surface area contributed by atoms with Gasteiger partial charge in [-0.2, -0.15) is 0 Å². The molecule has 1 aromatic rings. The molecule has 6 nitrogen and oxygen atoms in total. The van der Waals surface area contributed by atoms with E-state index in [1.54, 1.807) is 11.1 Å². The van der Waals surface area contributed by atoms with Crippen molar-refractivity contribution >= 4 is 18.0 Å². The summed E-state index contributed by atoms with van der Waals surface area (Å²) < 4.78 is 0. The molecule has 2 fully saturated rings. The fourth-order valence-electron chi connectivity index (χ4n) is 3.08. The van der Waals surface area contributed by atoms with E-state index in [9.17, 15) is 9.59 Å². The van der Waals surface area contributed by atoms with Gasteiger partial charge in [-0.05, 0) is 31.4 Å². The molecule has 3 rings (SSSR count). The van der Waals surface area contributed by atoms with Crippen LogP contribution in [0.4, 0.5) is 5.69 Å². The average Bonchev–Trinajstić information content (AvgIpc) is 2.62. The van der Waals surface area contributed by atoms with Crippen LogP contribution in [-0.2, 0) is 4.79 Å². The summed E-state index contributed by atoms with van der Waals surface area (Å²) >= 11 is 0. The smallest absolute Gasteiger partial charge is 0.272 e. The number of carbonyl (C=O) groups excluding carboxylic acids is 2. The fourth-order valence-corrected chi connectivity index (χ4v) is 3.08. The van der Waals surface area contributed by atoms with Crippen molar-refractivity contribution in [2.24, 2.45) is 0 Å². The molecule has 2 aliphatic rings. The highest BCUT2D eigenvalue weighted by Crippen LogP contribution is 2.18. The normalized spacial score (nSPS) is 19.2. The Balaban J connectivity index is 1.69. The first kappa shape index (κ1) is 14.8. The quantitative estimate of drug-likeness (QED) is 0.781. The van der Waals surface area contributed by atoms with Crippen molar-refractivity contribution in [3.8, 4) is 0 Å². The fraction of sp³-hybridized carbons (Fsp3) is 0.562. The SMILES string of the molecule is O=CN1CCN(c2ccnc(C(=O)N3CCCCC3)c2)CC1. The van der Waals surface area contributed by atoms with Gasteiger partial charge in [0.05, 0.1) is 0 Å². The molecule has 3 heterocycles. The third-order valence-corrected chi connectivity index (χ3v) is 4.43. The summed E-state index contributed by atoms with van der Waals surface area (Å²) in [5.41, 5.74) is 1.54. The Bertz CT molecular complexity index is 535. The molecule has 0 N–H and O–H groups in total. The zero-order valence-corrected chi connectivity index (χ0v) is 12.8. The summed E-state index contributed by atoms with van der Waals surface area (Å²) in [6.45, 7) is 4.70. The molecule has 0 bridgehead atoms. The number of pyridine rings is 1. The Morgan fingerprint density at radius 2 is 1.77 bits per heavy atom. The predicted molar refractivity (Wildman–Crippen MR) is 83.8 cm³/mol. The highest BCUT2D eigenvalue weighted by molar-refractivity contribution is 5.93. The van der Waals surface area contributed by atoms with Crippen LogP contribution in [0.2, 0.25) is 0 Å². The highest BCUT2D eigenvalue weighted by Gasteiger charge is 2.21. The lowest BCUT2D eigenvalue weighted by molar-refractivity contribution is -0.118. The van der Waals surface area contributed by atoms with E-state index in [0.29, 0.717) is 5.69 Å². The molecular formula is C16H22N4O2. The Morgan fingerprint density at radius 3 is 2.45 bits per heavy atom. The van der Waals surface area contributed by atoms with Gasteiger partial charge in [0.25, 0.3) is 5.91 Å². The van der Waals surface area contributed by atoms with E-state index in [1.807, 2.05) is 17.0 Å². The maximum absolute atomic E-state index is 12.5. The minimum absolute atomic E-state index is 0.0353. The molecule has 0 spiro atoms. The first-order chi connectivity index (χ1) is 10.8. The van der Waals surface area contributed by atoms with Gasteiger partial charge < -0.3 is 14.7 Å². The summed E-state index contributed by atoms with van der Waals surface area (Å²) in [6.07, 6.45) is 5.98. The summed E-state index contributed by atoms with van der Waals surface area (Å²) in [5.74, 6) is 0.0353. The number of likely N-dealkylation sites (tertiary alicyclic amines) is 1. The largest absolute Gasteiger partial charge is 0.368 e. The number of anilines is 1. The third kappa shape index (κ3) is 3.21. The van der Waals surface area contributed by atoms with Crippen molar-refractivity contribution in [2.75, 3.05) is 44.2 Å². The van der Waals surface area contributed by atoms with Crippen molar-refractivity contribution in [3.63, 3.8) is 0 Å². The van der Waals surface area contributed by atoms with Crippen LogP contribution in [-0.4, -0.2) is 66.4 Å². The number of nitrogens with zero attached hydrogens (tertiary/aromatic N) is 4. The standard InChI is InChI=1S/C16H22N4O2/c21-13-18-8-10-19(11-9-18)14-4-5-17-15(12-14)16(22)20-6-2-1-3-7-20/h4-5,12-13H,1-3,6-11H2. The molecule has 2 aliphatic heterocycles. The van der Waals surface area contributed by atoms with Gasteiger partial charge in [0.2, 0.25) is 6.41 Å². The molecule has 22 heavy (non-hydrogen) atoms. The first-order valence-corrected chi connectivity index (χ1v) is 7.97. The van der Waals surface area contributed by atoms with Crippen LogP contribution in [0.1, 0.15) is 29.8 Å². The molecule has 2 amide bonds. The van der Waals surface area contributed by atoms with E-state index in [0.717, 1.165) is 64.2 Å². The van der Waals surface area contributed by atoms with Gasteiger partial charge in [0.1, 0.15) is 5.69 Å². The van der Waals surface area contributed by atoms with E-state index in [-0.39, 0.29) is 5.91 Å². The van der Waals surface area contributed by atoms with Gasteiger partial charge in [-0.15, -0.1) is 0 Å². The summed E-state index contributed by atoms with van der Waals surface area (Å²) in [7, 11) is 0. The number of hydrogen-bond donors (Lipinski definition) is 0. The van der Waals surface area contributed by atoms with Gasteiger partial charge in [0, 0.05) is 51.2 Å². The third-order valence-electron chi connectivity index (χ3n) is 4.43. The molecule has 0 aromatic carbocycles. The van der Waals surface area contributed by atoms with Crippen molar-refractivity contribution < 1.29 is 9.59 Å². The number of piperidine rings is 1. The number of amides is 2. The number of piperazine rings is 1. The number of carbonyl (C=O) groups is 2. The Morgan fingerprint density at radius 1 is 1.05 bits per heavy atom. The number of rotatable bonds is 3. The minimum Gasteiger partial charge on any atom is -0.368 e. The van der Waals surface area contributed by atoms with Crippen LogP contribution in [0.3, 0.4) is 0 Å². The lowest BCUT2D eigenvalue weighted by Crippen LogP contribution is -2.45. The van der Waals surface area contributed by atoms with Gasteiger partial charge in [-0.3, -0.25) is 14.6 Å². The molecule has 2 saturated heterocycles. The van der Waals surface area contributed by atoms with E-state index in [1.165, 1.54) is 6.42 Å². The highest BCUT2D eigenvalue weighted by atomic mass is 16.2. The van der Waals surface area contributed by atoms with E-state index < -0.39 is 0 Å². The van der Waals surface area contributed by atoms with Crippen molar-refractivity contribution in [1.82, 2.24) is 14.8 Å². The van der Waals surface area contributed by atoms with Crippen molar-refractivity contribution in [3.05, 3.63) is 24.0 Å². The average molecular weight is 302 g/mol. The molecule has 0 atom stereocenters. The lowest BCUT2D eigenvalue weighted by atomic mass is 10.1. The van der Waals surface area contributed by atoms with Gasteiger partial charge in [0.15, 0.2) is 0 Å². The van der Waals surface area contributed by atoms with Gasteiger partial charge >= 0.3 is 0 Å². The van der Waals surface area contributed by atoms with Crippen molar-refractivity contribution in [1.29, 1.82) is 0 Å². The second-order valence-corrected chi connectivity index (χ2v) is 5.88. The molecule has 0 unspecified atom stereocenters. The molecular weight excluding hydrogens is 280 g/mol. The maximum Gasteiger partial charge on any atom is 0.272 e. The number of aromatic nitrogens is 1.